The summed E-state index contributed by atoms with van der Waals surface area (Å²) in [4.78, 5) is 27.2. The van der Waals surface area contributed by atoms with Crippen LogP contribution < -0.4 is 10.2 Å². The number of amides is 2. The molecule has 0 bridgehead atoms. The van der Waals surface area contributed by atoms with Gasteiger partial charge in [0.05, 0.1) is 6.10 Å². The fourth-order valence-corrected chi connectivity index (χ4v) is 3.14. The molecule has 5 heteroatoms. The summed E-state index contributed by atoms with van der Waals surface area (Å²) < 4.78 is 0. The monoisotopic (exact) mass is 420 g/mol. The Morgan fingerprint density at radius 1 is 1.16 bits per heavy atom. The minimum Gasteiger partial charge on any atom is -0.389 e. The van der Waals surface area contributed by atoms with Gasteiger partial charge in [0.1, 0.15) is 0 Å². The zero-order valence-corrected chi connectivity index (χ0v) is 19.2. The molecular formula is C26H32N2O3. The van der Waals surface area contributed by atoms with Crippen molar-refractivity contribution in [3.8, 4) is 0 Å². The summed E-state index contributed by atoms with van der Waals surface area (Å²) in [5.74, 6) is -0.464. The number of nitrogens with one attached hydrogen (secondary N) is 1. The molecule has 1 unspecified atom stereocenters. The van der Waals surface area contributed by atoms with E-state index in [2.05, 4.69) is 32.7 Å². The van der Waals surface area contributed by atoms with Crippen molar-refractivity contribution < 1.29 is 14.7 Å². The molecular weight excluding hydrogens is 388 g/mol. The van der Waals surface area contributed by atoms with E-state index in [0.29, 0.717) is 28.1 Å². The number of aliphatic hydroxyl groups is 1. The molecule has 5 nitrogen and oxygen atoms in total. The number of benzene rings is 2. The molecule has 0 aromatic heterocycles. The number of carbonyl (C=O) groups excluding carboxylic acids is 2. The van der Waals surface area contributed by atoms with E-state index in [1.807, 2.05) is 18.2 Å². The van der Waals surface area contributed by atoms with Crippen LogP contribution in [-0.2, 0) is 10.2 Å². The van der Waals surface area contributed by atoms with Crippen LogP contribution in [0, 0.1) is 0 Å². The minimum atomic E-state index is -0.772. The van der Waals surface area contributed by atoms with Crippen LogP contribution in [0.1, 0.15) is 62.2 Å². The lowest BCUT2D eigenvalue weighted by Gasteiger charge is -2.24. The molecule has 1 atom stereocenters. The average Bonchev–Trinajstić information content (AvgIpc) is 2.71. The molecule has 164 valence electrons. The van der Waals surface area contributed by atoms with Gasteiger partial charge in [-0.25, -0.2) is 0 Å². The van der Waals surface area contributed by atoms with Crippen LogP contribution in [0.15, 0.2) is 66.8 Å². The Kier molecular flexibility index (Phi) is 7.58. The molecule has 0 aliphatic heterocycles. The van der Waals surface area contributed by atoms with Crippen molar-refractivity contribution in [3.05, 3.63) is 83.5 Å². The fraction of sp³-hybridized carbons (Fsp3) is 0.308. The van der Waals surface area contributed by atoms with Gasteiger partial charge >= 0.3 is 0 Å². The number of nitrogens with zero attached hydrogens (tertiary/aromatic N) is 1. The number of rotatable bonds is 6. The van der Waals surface area contributed by atoms with Gasteiger partial charge in [0.15, 0.2) is 0 Å². The minimum absolute atomic E-state index is 0.133. The largest absolute Gasteiger partial charge is 0.389 e. The summed E-state index contributed by atoms with van der Waals surface area (Å²) >= 11 is 0. The van der Waals surface area contributed by atoms with Gasteiger partial charge in [0.25, 0.3) is 11.8 Å². The van der Waals surface area contributed by atoms with E-state index in [9.17, 15) is 14.7 Å². The van der Waals surface area contributed by atoms with Crippen molar-refractivity contribution in [2.24, 2.45) is 0 Å². The Bertz CT molecular complexity index is 1010. The first-order valence-corrected chi connectivity index (χ1v) is 10.3. The lowest BCUT2D eigenvalue weighted by atomic mass is 9.84. The van der Waals surface area contributed by atoms with Gasteiger partial charge in [-0.3, -0.25) is 9.59 Å². The highest BCUT2D eigenvalue weighted by Gasteiger charge is 2.23. The summed E-state index contributed by atoms with van der Waals surface area (Å²) in [6.45, 7) is 13.2. The van der Waals surface area contributed by atoms with Crippen LogP contribution >= 0.6 is 0 Å². The van der Waals surface area contributed by atoms with Crippen molar-refractivity contribution in [3.63, 3.8) is 0 Å². The lowest BCUT2D eigenvalue weighted by Crippen LogP contribution is -2.28. The first-order chi connectivity index (χ1) is 14.5. The smallest absolute Gasteiger partial charge is 0.258 e. The molecule has 2 aromatic carbocycles. The summed E-state index contributed by atoms with van der Waals surface area (Å²) in [7, 11) is 1.68. The van der Waals surface area contributed by atoms with Crippen molar-refractivity contribution in [1.82, 2.24) is 0 Å². The van der Waals surface area contributed by atoms with E-state index in [4.69, 9.17) is 0 Å². The number of carbonyl (C=O) groups is 2. The summed E-state index contributed by atoms with van der Waals surface area (Å²) in [6, 6.07) is 12.7. The second kappa shape index (κ2) is 9.75. The molecule has 31 heavy (non-hydrogen) atoms. The van der Waals surface area contributed by atoms with Crippen molar-refractivity contribution in [2.75, 3.05) is 17.3 Å². The van der Waals surface area contributed by atoms with E-state index >= 15 is 0 Å². The van der Waals surface area contributed by atoms with E-state index in [0.717, 1.165) is 5.56 Å². The van der Waals surface area contributed by atoms with Gasteiger partial charge in [-0.1, -0.05) is 57.7 Å². The van der Waals surface area contributed by atoms with Crippen molar-refractivity contribution in [1.29, 1.82) is 0 Å². The Morgan fingerprint density at radius 3 is 2.42 bits per heavy atom. The van der Waals surface area contributed by atoms with Gasteiger partial charge in [-0.2, -0.15) is 0 Å². The number of aliphatic hydroxyl groups excluding tert-OH is 1. The van der Waals surface area contributed by atoms with Crippen LogP contribution in [0.5, 0.6) is 0 Å². The maximum Gasteiger partial charge on any atom is 0.258 e. The third kappa shape index (κ3) is 5.92. The second-order valence-corrected chi connectivity index (χ2v) is 8.68. The first-order valence-electron chi connectivity index (χ1n) is 10.3. The molecule has 2 rings (SSSR count). The van der Waals surface area contributed by atoms with Gasteiger partial charge in [-0.05, 0) is 54.7 Å². The predicted octanol–water partition coefficient (Wildman–Crippen LogP) is 5.38. The first kappa shape index (κ1) is 24.1. The van der Waals surface area contributed by atoms with Crippen LogP contribution in [-0.4, -0.2) is 24.0 Å². The highest BCUT2D eigenvalue weighted by atomic mass is 16.3. The normalized spacial score (nSPS) is 12.8. The van der Waals surface area contributed by atoms with Crippen LogP contribution in [0.3, 0.4) is 0 Å². The molecule has 0 saturated heterocycles. The Balaban J connectivity index is 2.38. The quantitative estimate of drug-likeness (QED) is 0.487. The molecule has 0 fully saturated rings. The number of allylic oxidation sites excluding steroid dienone is 2. The Hall–Kier alpha value is -3.18. The lowest BCUT2D eigenvalue weighted by molar-refractivity contribution is -0.112. The SMILES string of the molecule is C=C/C=C(\C)C(=O)Nc1cccc(N(C)C(=O)c2cc(C(C)(C)C)ccc2C(C)O)c1. The van der Waals surface area contributed by atoms with Gasteiger partial charge in [-0.15, -0.1) is 0 Å². The highest BCUT2D eigenvalue weighted by molar-refractivity contribution is 6.08. The summed E-state index contributed by atoms with van der Waals surface area (Å²) in [5, 5.41) is 13.0. The molecule has 2 N–H and O–H groups in total. The maximum atomic E-state index is 13.4. The van der Waals surface area contributed by atoms with E-state index < -0.39 is 6.10 Å². The fourth-order valence-electron chi connectivity index (χ4n) is 3.14. The van der Waals surface area contributed by atoms with E-state index in [1.165, 1.54) is 4.90 Å². The molecule has 0 saturated carbocycles. The van der Waals surface area contributed by atoms with Crippen LogP contribution in [0.25, 0.3) is 0 Å². The maximum absolute atomic E-state index is 13.4. The molecule has 0 aliphatic rings. The van der Waals surface area contributed by atoms with Gasteiger partial charge in [0, 0.05) is 29.6 Å². The van der Waals surface area contributed by atoms with Crippen LogP contribution in [0.4, 0.5) is 11.4 Å². The summed E-state index contributed by atoms with van der Waals surface area (Å²) in [5.41, 5.74) is 3.67. The van der Waals surface area contributed by atoms with Crippen LogP contribution in [0.2, 0.25) is 0 Å². The van der Waals surface area contributed by atoms with E-state index in [-0.39, 0.29) is 17.2 Å². The molecule has 2 amide bonds. The number of anilines is 2. The summed E-state index contributed by atoms with van der Waals surface area (Å²) in [6.07, 6.45) is 2.42. The Morgan fingerprint density at radius 2 is 1.84 bits per heavy atom. The third-order valence-corrected chi connectivity index (χ3v) is 5.12. The highest BCUT2D eigenvalue weighted by Crippen LogP contribution is 2.29. The topological polar surface area (TPSA) is 69.6 Å². The van der Waals surface area contributed by atoms with Crippen molar-refractivity contribution in [2.45, 2.75) is 46.1 Å². The molecule has 0 heterocycles. The number of hydrogen-bond donors (Lipinski definition) is 2. The Labute approximate surface area is 185 Å². The average molecular weight is 421 g/mol. The molecule has 0 spiro atoms. The second-order valence-electron chi connectivity index (χ2n) is 8.68. The van der Waals surface area contributed by atoms with E-state index in [1.54, 1.807) is 57.3 Å². The standard InChI is InChI=1S/C26H32N2O3/c1-8-10-17(2)24(30)27-20-11-9-12-21(16-20)28(7)25(31)23-15-19(26(4,5)6)13-14-22(23)18(3)29/h8-16,18,29H,1H2,2-7H3,(H,27,30)/b17-10+. The third-order valence-electron chi connectivity index (χ3n) is 5.12. The molecule has 0 radical (unpaired) electrons. The predicted molar refractivity (Wildman–Crippen MR) is 128 cm³/mol. The van der Waals surface area contributed by atoms with Crippen molar-refractivity contribution >= 4 is 23.2 Å². The zero-order chi connectivity index (χ0) is 23.3. The zero-order valence-electron chi connectivity index (χ0n) is 19.2. The van der Waals surface area contributed by atoms with Gasteiger partial charge < -0.3 is 15.3 Å². The molecule has 0 aliphatic carbocycles. The van der Waals surface area contributed by atoms with Gasteiger partial charge in [0.2, 0.25) is 0 Å². The molecule has 2 aromatic rings. The number of hydrogen-bond acceptors (Lipinski definition) is 3.